The van der Waals surface area contributed by atoms with Crippen LogP contribution in [0.2, 0.25) is 0 Å². The second kappa shape index (κ2) is 4.68. The first-order valence-electron chi connectivity index (χ1n) is 3.94. The number of aliphatic hydroxyl groups excluding tert-OH is 1. The first-order chi connectivity index (χ1) is 6.63. The summed E-state index contributed by atoms with van der Waals surface area (Å²) >= 11 is 0. The van der Waals surface area contributed by atoms with E-state index in [-0.39, 0.29) is 18.8 Å². The molecule has 14 heavy (non-hydrogen) atoms. The zero-order chi connectivity index (χ0) is 10.6. The fraction of sp³-hybridized carbons (Fsp3) is 0.571. The molecule has 0 aliphatic rings. The predicted octanol–water partition coefficient (Wildman–Crippen LogP) is -1.02. The SMILES string of the molecule is COCC(O)Cn1cc(C(=O)O)nn1. The smallest absolute Gasteiger partial charge is 0.358 e. The molecule has 1 atom stereocenters. The third-order valence-electron chi connectivity index (χ3n) is 1.51. The summed E-state index contributed by atoms with van der Waals surface area (Å²) in [6.07, 6.45) is 0.532. The summed E-state index contributed by atoms with van der Waals surface area (Å²) in [4.78, 5) is 10.4. The van der Waals surface area contributed by atoms with Crippen LogP contribution in [0.5, 0.6) is 0 Å². The molecule has 7 nitrogen and oxygen atoms in total. The molecule has 1 aromatic heterocycles. The van der Waals surface area contributed by atoms with Gasteiger partial charge in [-0.25, -0.2) is 9.48 Å². The maximum Gasteiger partial charge on any atom is 0.358 e. The van der Waals surface area contributed by atoms with E-state index < -0.39 is 12.1 Å². The predicted molar refractivity (Wildman–Crippen MR) is 44.9 cm³/mol. The van der Waals surface area contributed by atoms with E-state index in [9.17, 15) is 9.90 Å². The molecular formula is C7H11N3O4. The van der Waals surface area contributed by atoms with Crippen molar-refractivity contribution in [2.75, 3.05) is 13.7 Å². The molecular weight excluding hydrogens is 190 g/mol. The summed E-state index contributed by atoms with van der Waals surface area (Å²) < 4.78 is 5.96. The van der Waals surface area contributed by atoms with E-state index in [0.717, 1.165) is 0 Å². The third kappa shape index (κ3) is 2.79. The highest BCUT2D eigenvalue weighted by Gasteiger charge is 2.10. The molecule has 0 spiro atoms. The number of carbonyl (C=O) groups is 1. The van der Waals surface area contributed by atoms with Crippen molar-refractivity contribution in [3.8, 4) is 0 Å². The molecule has 0 saturated carbocycles. The lowest BCUT2D eigenvalue weighted by molar-refractivity contribution is 0.0510. The Kier molecular flexibility index (Phi) is 3.55. The van der Waals surface area contributed by atoms with Crippen molar-refractivity contribution in [1.29, 1.82) is 0 Å². The molecule has 0 aromatic carbocycles. The average molecular weight is 201 g/mol. The number of rotatable bonds is 5. The number of aliphatic hydroxyl groups is 1. The van der Waals surface area contributed by atoms with Crippen molar-refractivity contribution < 1.29 is 19.7 Å². The first kappa shape index (κ1) is 10.6. The molecule has 0 aliphatic carbocycles. The van der Waals surface area contributed by atoms with Gasteiger partial charge in [0.1, 0.15) is 0 Å². The van der Waals surface area contributed by atoms with Crippen molar-refractivity contribution in [1.82, 2.24) is 15.0 Å². The lowest BCUT2D eigenvalue weighted by Crippen LogP contribution is -2.21. The molecule has 0 aliphatic heterocycles. The van der Waals surface area contributed by atoms with Crippen LogP contribution >= 0.6 is 0 Å². The topological polar surface area (TPSA) is 97.5 Å². The second-order valence-corrected chi connectivity index (χ2v) is 2.74. The highest BCUT2D eigenvalue weighted by molar-refractivity contribution is 5.84. The Labute approximate surface area is 79.9 Å². The van der Waals surface area contributed by atoms with Crippen LogP contribution in [-0.2, 0) is 11.3 Å². The minimum absolute atomic E-state index is 0.144. The number of aromatic carboxylic acids is 1. The molecule has 7 heteroatoms. The van der Waals surface area contributed by atoms with Gasteiger partial charge in [0.15, 0.2) is 5.69 Å². The molecule has 0 fully saturated rings. The summed E-state index contributed by atoms with van der Waals surface area (Å²) in [5, 5.41) is 24.7. The normalized spacial score (nSPS) is 12.7. The van der Waals surface area contributed by atoms with Crippen LogP contribution < -0.4 is 0 Å². The molecule has 2 N–H and O–H groups in total. The molecule has 0 bridgehead atoms. The maximum atomic E-state index is 10.4. The van der Waals surface area contributed by atoms with E-state index in [2.05, 4.69) is 10.3 Å². The van der Waals surface area contributed by atoms with Crippen LogP contribution in [-0.4, -0.2) is 51.0 Å². The van der Waals surface area contributed by atoms with Gasteiger partial charge < -0.3 is 14.9 Å². The monoisotopic (exact) mass is 201 g/mol. The van der Waals surface area contributed by atoms with E-state index in [1.54, 1.807) is 0 Å². The molecule has 0 saturated heterocycles. The van der Waals surface area contributed by atoms with E-state index >= 15 is 0 Å². The maximum absolute atomic E-state index is 10.4. The Morgan fingerprint density at radius 2 is 2.50 bits per heavy atom. The molecule has 0 radical (unpaired) electrons. The third-order valence-corrected chi connectivity index (χ3v) is 1.51. The molecule has 1 heterocycles. The van der Waals surface area contributed by atoms with Gasteiger partial charge in [-0.3, -0.25) is 0 Å². The quantitative estimate of drug-likeness (QED) is 0.633. The van der Waals surface area contributed by atoms with E-state index in [0.29, 0.717) is 0 Å². The zero-order valence-electron chi connectivity index (χ0n) is 7.62. The molecule has 1 rings (SSSR count). The lowest BCUT2D eigenvalue weighted by atomic mass is 10.4. The van der Waals surface area contributed by atoms with Crippen LogP contribution in [0.15, 0.2) is 6.20 Å². The lowest BCUT2D eigenvalue weighted by Gasteiger charge is -2.07. The standard InChI is InChI=1S/C7H11N3O4/c1-14-4-5(11)2-10-3-6(7(12)13)8-9-10/h3,5,11H,2,4H2,1H3,(H,12,13). The zero-order valence-corrected chi connectivity index (χ0v) is 7.62. The average Bonchev–Trinajstić information content (AvgIpc) is 2.53. The number of ether oxygens (including phenoxy) is 1. The van der Waals surface area contributed by atoms with Crippen LogP contribution in [0, 0.1) is 0 Å². The van der Waals surface area contributed by atoms with Gasteiger partial charge in [0, 0.05) is 7.11 Å². The van der Waals surface area contributed by atoms with Gasteiger partial charge in [0.2, 0.25) is 0 Å². The van der Waals surface area contributed by atoms with Gasteiger partial charge in [-0.2, -0.15) is 0 Å². The van der Waals surface area contributed by atoms with Gasteiger partial charge in [0.05, 0.1) is 25.5 Å². The van der Waals surface area contributed by atoms with E-state index in [4.69, 9.17) is 9.84 Å². The second-order valence-electron chi connectivity index (χ2n) is 2.74. The number of hydrogen-bond acceptors (Lipinski definition) is 5. The number of methoxy groups -OCH3 is 1. The van der Waals surface area contributed by atoms with Crippen molar-refractivity contribution >= 4 is 5.97 Å². The number of carboxylic acids is 1. The molecule has 0 amide bonds. The summed E-state index contributed by atoms with van der Waals surface area (Å²) in [7, 11) is 1.47. The van der Waals surface area contributed by atoms with Gasteiger partial charge in [-0.05, 0) is 0 Å². The first-order valence-corrected chi connectivity index (χ1v) is 3.94. The Bertz CT molecular complexity index is 312. The van der Waals surface area contributed by atoms with Gasteiger partial charge >= 0.3 is 5.97 Å². The number of carboxylic acid groups (broad SMARTS) is 1. The van der Waals surface area contributed by atoms with Crippen molar-refractivity contribution in [2.45, 2.75) is 12.6 Å². The fourth-order valence-electron chi connectivity index (χ4n) is 0.947. The van der Waals surface area contributed by atoms with Crippen LogP contribution in [0.3, 0.4) is 0 Å². The minimum Gasteiger partial charge on any atom is -0.476 e. The van der Waals surface area contributed by atoms with Gasteiger partial charge in [-0.1, -0.05) is 5.21 Å². The molecule has 1 unspecified atom stereocenters. The van der Waals surface area contributed by atoms with Crippen molar-refractivity contribution in [2.24, 2.45) is 0 Å². The number of hydrogen-bond donors (Lipinski definition) is 2. The van der Waals surface area contributed by atoms with Crippen LogP contribution in [0.4, 0.5) is 0 Å². The van der Waals surface area contributed by atoms with Gasteiger partial charge in [0.25, 0.3) is 0 Å². The van der Waals surface area contributed by atoms with E-state index in [1.165, 1.54) is 18.0 Å². The Hall–Kier alpha value is -1.47. The van der Waals surface area contributed by atoms with Gasteiger partial charge in [-0.15, -0.1) is 5.10 Å². The van der Waals surface area contributed by atoms with Crippen LogP contribution in [0.25, 0.3) is 0 Å². The largest absolute Gasteiger partial charge is 0.476 e. The van der Waals surface area contributed by atoms with E-state index in [1.807, 2.05) is 0 Å². The number of nitrogens with zero attached hydrogens (tertiary/aromatic N) is 3. The Morgan fingerprint density at radius 1 is 1.79 bits per heavy atom. The van der Waals surface area contributed by atoms with Crippen molar-refractivity contribution in [3.05, 3.63) is 11.9 Å². The fourth-order valence-corrected chi connectivity index (χ4v) is 0.947. The highest BCUT2D eigenvalue weighted by Crippen LogP contribution is 1.95. The Balaban J connectivity index is 2.55. The molecule has 78 valence electrons. The summed E-state index contributed by atoms with van der Waals surface area (Å²) in [5.74, 6) is -1.14. The van der Waals surface area contributed by atoms with Crippen LogP contribution in [0.1, 0.15) is 10.5 Å². The van der Waals surface area contributed by atoms with Crippen molar-refractivity contribution in [3.63, 3.8) is 0 Å². The summed E-state index contributed by atoms with van der Waals surface area (Å²) in [6, 6.07) is 0. The highest BCUT2D eigenvalue weighted by atomic mass is 16.5. The summed E-state index contributed by atoms with van der Waals surface area (Å²) in [5.41, 5.74) is -0.144. The Morgan fingerprint density at radius 3 is 3.00 bits per heavy atom. The minimum atomic E-state index is -1.14. The molecule has 1 aromatic rings. The summed E-state index contributed by atoms with van der Waals surface area (Å²) in [6.45, 7) is 0.330. The number of aromatic nitrogens is 3.